The van der Waals surface area contributed by atoms with E-state index in [1.165, 1.54) is 6.33 Å². The number of carbonyl (C=O) groups is 1. The second-order valence-corrected chi connectivity index (χ2v) is 6.55. The fourth-order valence-corrected chi connectivity index (χ4v) is 3.32. The number of hydrogen-bond acceptors (Lipinski definition) is 4. The molecule has 0 bridgehead atoms. The van der Waals surface area contributed by atoms with E-state index >= 15 is 0 Å². The summed E-state index contributed by atoms with van der Waals surface area (Å²) in [5.41, 5.74) is 1.10. The number of ether oxygens (including phenoxy) is 1. The van der Waals surface area contributed by atoms with Crippen LogP contribution in [0.25, 0.3) is 0 Å². The lowest BCUT2D eigenvalue weighted by Gasteiger charge is -2.22. The number of rotatable bonds is 6. The first-order valence-corrected chi connectivity index (χ1v) is 8.46. The van der Waals surface area contributed by atoms with Crippen molar-refractivity contribution < 1.29 is 9.53 Å². The second-order valence-electron chi connectivity index (χ2n) is 6.55. The Morgan fingerprint density at radius 3 is 2.83 bits per heavy atom. The Morgan fingerprint density at radius 1 is 1.38 bits per heavy atom. The summed E-state index contributed by atoms with van der Waals surface area (Å²) in [7, 11) is 0. The number of H-pyrrole nitrogens is 1. The van der Waals surface area contributed by atoms with Crippen molar-refractivity contribution in [3.63, 3.8) is 0 Å². The van der Waals surface area contributed by atoms with Gasteiger partial charge in [0, 0.05) is 13.2 Å². The van der Waals surface area contributed by atoms with Crippen LogP contribution in [0.1, 0.15) is 37.6 Å². The number of amides is 1. The Morgan fingerprint density at radius 2 is 2.17 bits per heavy atom. The average Bonchev–Trinajstić information content (AvgIpc) is 3.27. The maximum atomic E-state index is 12.6. The highest BCUT2D eigenvalue weighted by molar-refractivity contribution is 5.79. The SMILES string of the molecule is CC(C)[C@@H]1OCC[C@H]1C(=O)NC[C@H](c1ccccc1)c1ncn[nH]1. The molecule has 2 heterocycles. The molecule has 0 spiro atoms. The van der Waals surface area contributed by atoms with Crippen molar-refractivity contribution in [2.24, 2.45) is 11.8 Å². The predicted octanol–water partition coefficient (Wildman–Crippen LogP) is 2.11. The molecule has 0 radical (unpaired) electrons. The molecule has 1 fully saturated rings. The van der Waals surface area contributed by atoms with Crippen molar-refractivity contribution >= 4 is 5.91 Å². The van der Waals surface area contributed by atoms with E-state index < -0.39 is 0 Å². The van der Waals surface area contributed by atoms with Gasteiger partial charge >= 0.3 is 0 Å². The molecule has 6 heteroatoms. The molecule has 0 aliphatic carbocycles. The maximum Gasteiger partial charge on any atom is 0.225 e. The molecule has 1 aliphatic rings. The summed E-state index contributed by atoms with van der Waals surface area (Å²) < 4.78 is 5.72. The van der Waals surface area contributed by atoms with Crippen LogP contribution in [-0.2, 0) is 9.53 Å². The third-order valence-corrected chi connectivity index (χ3v) is 4.58. The van der Waals surface area contributed by atoms with Gasteiger partial charge in [0.05, 0.1) is 17.9 Å². The van der Waals surface area contributed by atoms with E-state index in [-0.39, 0.29) is 23.8 Å². The van der Waals surface area contributed by atoms with Gasteiger partial charge in [0.2, 0.25) is 5.91 Å². The van der Waals surface area contributed by atoms with Gasteiger partial charge in [-0.25, -0.2) is 4.98 Å². The molecule has 128 valence electrons. The summed E-state index contributed by atoms with van der Waals surface area (Å²) in [6, 6.07) is 10.0. The van der Waals surface area contributed by atoms with Gasteiger partial charge in [-0.1, -0.05) is 44.2 Å². The highest BCUT2D eigenvalue weighted by atomic mass is 16.5. The lowest BCUT2D eigenvalue weighted by Crippen LogP contribution is -2.39. The zero-order chi connectivity index (χ0) is 16.9. The first-order chi connectivity index (χ1) is 11.7. The van der Waals surface area contributed by atoms with E-state index in [2.05, 4.69) is 34.3 Å². The Kier molecular flexibility index (Phi) is 5.25. The largest absolute Gasteiger partial charge is 0.377 e. The summed E-state index contributed by atoms with van der Waals surface area (Å²) >= 11 is 0. The molecular formula is C18H24N4O2. The Hall–Kier alpha value is -2.21. The van der Waals surface area contributed by atoms with E-state index in [1.807, 2.05) is 30.3 Å². The minimum atomic E-state index is -0.0730. The van der Waals surface area contributed by atoms with Crippen molar-refractivity contribution in [3.8, 4) is 0 Å². The van der Waals surface area contributed by atoms with Crippen LogP contribution in [0.15, 0.2) is 36.7 Å². The first-order valence-electron chi connectivity index (χ1n) is 8.46. The lowest BCUT2D eigenvalue weighted by atomic mass is 9.91. The maximum absolute atomic E-state index is 12.6. The van der Waals surface area contributed by atoms with Gasteiger partial charge in [-0.3, -0.25) is 9.89 Å². The number of benzene rings is 1. The van der Waals surface area contributed by atoms with Gasteiger partial charge in [0.15, 0.2) is 0 Å². The number of nitrogens with one attached hydrogen (secondary N) is 2. The number of nitrogens with zero attached hydrogens (tertiary/aromatic N) is 2. The third kappa shape index (κ3) is 3.64. The molecular weight excluding hydrogens is 304 g/mol. The van der Waals surface area contributed by atoms with Crippen LogP contribution >= 0.6 is 0 Å². The third-order valence-electron chi connectivity index (χ3n) is 4.58. The second kappa shape index (κ2) is 7.57. The minimum absolute atomic E-state index is 0.00505. The number of carbonyl (C=O) groups excluding carboxylic acids is 1. The lowest BCUT2D eigenvalue weighted by molar-refractivity contribution is -0.127. The van der Waals surface area contributed by atoms with Crippen molar-refractivity contribution in [2.75, 3.05) is 13.2 Å². The topological polar surface area (TPSA) is 79.9 Å². The van der Waals surface area contributed by atoms with Gasteiger partial charge in [-0.05, 0) is 17.9 Å². The smallest absolute Gasteiger partial charge is 0.225 e. The van der Waals surface area contributed by atoms with Crippen LogP contribution in [0, 0.1) is 11.8 Å². The van der Waals surface area contributed by atoms with E-state index in [4.69, 9.17) is 4.74 Å². The molecule has 3 rings (SSSR count). The normalized spacial score (nSPS) is 21.8. The molecule has 1 aromatic heterocycles. The van der Waals surface area contributed by atoms with Crippen molar-refractivity contribution in [1.29, 1.82) is 0 Å². The molecule has 24 heavy (non-hydrogen) atoms. The van der Waals surface area contributed by atoms with Crippen molar-refractivity contribution in [3.05, 3.63) is 48.0 Å². The minimum Gasteiger partial charge on any atom is -0.377 e. The zero-order valence-corrected chi connectivity index (χ0v) is 14.1. The molecule has 6 nitrogen and oxygen atoms in total. The Bertz CT molecular complexity index is 642. The van der Waals surface area contributed by atoms with Gasteiger partial charge < -0.3 is 10.1 Å². The monoisotopic (exact) mass is 328 g/mol. The molecule has 0 unspecified atom stereocenters. The highest BCUT2D eigenvalue weighted by Gasteiger charge is 2.36. The number of hydrogen-bond donors (Lipinski definition) is 2. The van der Waals surface area contributed by atoms with Gasteiger partial charge in [-0.15, -0.1) is 0 Å². The standard InChI is InChI=1S/C18H24N4O2/c1-12(2)16-14(8-9-24-16)18(23)19-10-15(17-20-11-21-22-17)13-6-4-3-5-7-13/h3-7,11-12,14-16H,8-10H2,1-2H3,(H,19,23)(H,20,21,22)/t14-,15-,16+/m1/s1. The predicted molar refractivity (Wildman–Crippen MR) is 90.4 cm³/mol. The van der Waals surface area contributed by atoms with Gasteiger partial charge in [0.1, 0.15) is 12.2 Å². The van der Waals surface area contributed by atoms with Crippen molar-refractivity contribution in [2.45, 2.75) is 32.3 Å². The van der Waals surface area contributed by atoms with E-state index in [9.17, 15) is 4.79 Å². The number of aromatic nitrogens is 3. The van der Waals surface area contributed by atoms with Crippen LogP contribution in [-0.4, -0.2) is 40.3 Å². The Labute approximate surface area is 142 Å². The summed E-state index contributed by atoms with van der Waals surface area (Å²) in [5, 5.41) is 9.95. The first kappa shape index (κ1) is 16.6. The quantitative estimate of drug-likeness (QED) is 0.851. The summed E-state index contributed by atoms with van der Waals surface area (Å²) in [5.74, 6) is 1.03. The zero-order valence-electron chi connectivity index (χ0n) is 14.1. The van der Waals surface area contributed by atoms with Crippen molar-refractivity contribution in [1.82, 2.24) is 20.5 Å². The summed E-state index contributed by atoms with van der Waals surface area (Å²) in [6.45, 7) is 5.33. The van der Waals surface area contributed by atoms with Gasteiger partial charge in [0.25, 0.3) is 0 Å². The molecule has 2 aromatic rings. The summed E-state index contributed by atoms with van der Waals surface area (Å²) in [6.07, 6.45) is 2.28. The molecule has 1 aliphatic heterocycles. The van der Waals surface area contributed by atoms with E-state index in [0.29, 0.717) is 19.1 Å². The fourth-order valence-electron chi connectivity index (χ4n) is 3.32. The molecule has 1 amide bonds. The van der Waals surface area contributed by atoms with E-state index in [1.54, 1.807) is 0 Å². The number of aromatic amines is 1. The Balaban J connectivity index is 1.69. The molecule has 3 atom stereocenters. The molecule has 1 saturated heterocycles. The highest BCUT2D eigenvalue weighted by Crippen LogP contribution is 2.27. The van der Waals surface area contributed by atoms with Crippen LogP contribution in [0.4, 0.5) is 0 Å². The molecule has 2 N–H and O–H groups in total. The molecule has 1 aromatic carbocycles. The summed E-state index contributed by atoms with van der Waals surface area (Å²) in [4.78, 5) is 16.9. The average molecular weight is 328 g/mol. The van der Waals surface area contributed by atoms with Crippen LogP contribution in [0.5, 0.6) is 0 Å². The van der Waals surface area contributed by atoms with E-state index in [0.717, 1.165) is 17.8 Å². The molecule has 0 saturated carbocycles. The van der Waals surface area contributed by atoms with Crippen LogP contribution < -0.4 is 5.32 Å². The van der Waals surface area contributed by atoms with Gasteiger partial charge in [-0.2, -0.15) is 5.10 Å². The van der Waals surface area contributed by atoms with Crippen LogP contribution in [0.3, 0.4) is 0 Å². The van der Waals surface area contributed by atoms with Crippen LogP contribution in [0.2, 0.25) is 0 Å². The fraction of sp³-hybridized carbons (Fsp3) is 0.500.